The van der Waals surface area contributed by atoms with Gasteiger partial charge in [-0.3, -0.25) is 19.3 Å². The number of carbonyl (C=O) groups is 3. The normalized spacial score (nSPS) is 14.2. The fourth-order valence-corrected chi connectivity index (χ4v) is 4.46. The summed E-state index contributed by atoms with van der Waals surface area (Å²) < 4.78 is 24.7. The Balaban J connectivity index is 1.32. The van der Waals surface area contributed by atoms with E-state index in [0.717, 1.165) is 22.2 Å². The molecule has 190 valence electrons. The molecule has 0 unspecified atom stereocenters. The van der Waals surface area contributed by atoms with Crippen LogP contribution in [0, 0.1) is 12.7 Å². The van der Waals surface area contributed by atoms with E-state index < -0.39 is 17.6 Å². The molecular formula is C27H22ClFN2O5S. The predicted octanol–water partition coefficient (Wildman–Crippen LogP) is 5.92. The summed E-state index contributed by atoms with van der Waals surface area (Å²) in [6, 6.07) is 18.0. The Labute approximate surface area is 222 Å². The van der Waals surface area contributed by atoms with E-state index in [9.17, 15) is 18.8 Å². The highest BCUT2D eigenvalue weighted by Gasteiger charge is 2.34. The molecule has 3 aromatic rings. The minimum Gasteiger partial charge on any atom is -0.492 e. The highest BCUT2D eigenvalue weighted by molar-refractivity contribution is 8.18. The van der Waals surface area contributed by atoms with Crippen LogP contribution in [0.5, 0.6) is 11.5 Å². The number of halogens is 2. The van der Waals surface area contributed by atoms with Crippen molar-refractivity contribution in [2.75, 3.05) is 25.1 Å². The summed E-state index contributed by atoms with van der Waals surface area (Å²) in [5.74, 6) is -0.617. The van der Waals surface area contributed by atoms with E-state index in [-0.39, 0.29) is 46.4 Å². The maximum Gasteiger partial charge on any atom is 0.293 e. The van der Waals surface area contributed by atoms with Gasteiger partial charge in [0.05, 0.1) is 22.2 Å². The molecule has 0 aliphatic carbocycles. The van der Waals surface area contributed by atoms with Gasteiger partial charge in [-0.1, -0.05) is 47.5 Å². The first-order valence-corrected chi connectivity index (χ1v) is 12.4. The molecule has 0 radical (unpaired) electrons. The van der Waals surface area contributed by atoms with Gasteiger partial charge >= 0.3 is 0 Å². The highest BCUT2D eigenvalue weighted by atomic mass is 35.5. The molecule has 37 heavy (non-hydrogen) atoms. The molecule has 1 saturated heterocycles. The van der Waals surface area contributed by atoms with Crippen molar-refractivity contribution in [2.24, 2.45) is 0 Å². The van der Waals surface area contributed by atoms with Crippen molar-refractivity contribution in [1.82, 2.24) is 4.90 Å². The molecular weight excluding hydrogens is 519 g/mol. The van der Waals surface area contributed by atoms with Gasteiger partial charge in [-0.15, -0.1) is 0 Å². The number of rotatable bonds is 9. The number of amides is 3. The minimum absolute atomic E-state index is 0.0493. The van der Waals surface area contributed by atoms with Crippen molar-refractivity contribution in [3.63, 3.8) is 0 Å². The molecule has 3 aromatic carbocycles. The predicted molar refractivity (Wildman–Crippen MR) is 141 cm³/mol. The van der Waals surface area contributed by atoms with Crippen LogP contribution in [0.1, 0.15) is 11.1 Å². The standard InChI is InChI=1S/C27H22ClFN2O5S/c1-17-6-9-19(10-7-17)35-13-12-31-26(33)24(37-27(31)34)15-18-8-11-23(20(28)14-18)36-16-25(32)30-22-5-3-2-4-21(22)29/h2-11,14-15H,12-13,16H2,1H3,(H,30,32)/b24-15-. The summed E-state index contributed by atoms with van der Waals surface area (Å²) in [6.45, 7) is 1.89. The van der Waals surface area contributed by atoms with E-state index >= 15 is 0 Å². The third-order valence-electron chi connectivity index (χ3n) is 5.24. The lowest BCUT2D eigenvalue weighted by atomic mass is 10.2. The van der Waals surface area contributed by atoms with Gasteiger partial charge in [0.15, 0.2) is 6.61 Å². The third kappa shape index (κ3) is 6.90. The molecule has 0 atom stereocenters. The number of carbonyl (C=O) groups excluding carboxylic acids is 3. The molecule has 1 N–H and O–H groups in total. The topological polar surface area (TPSA) is 84.9 Å². The number of imide groups is 1. The fourth-order valence-electron chi connectivity index (χ4n) is 3.35. The number of para-hydroxylation sites is 1. The largest absolute Gasteiger partial charge is 0.492 e. The van der Waals surface area contributed by atoms with E-state index in [1.54, 1.807) is 30.3 Å². The van der Waals surface area contributed by atoms with Crippen LogP contribution in [-0.2, 0) is 9.59 Å². The van der Waals surface area contributed by atoms with Crippen LogP contribution in [0.2, 0.25) is 5.02 Å². The molecule has 1 heterocycles. The second-order valence-corrected chi connectivity index (χ2v) is 9.40. The Morgan fingerprint density at radius 2 is 1.84 bits per heavy atom. The number of nitrogens with one attached hydrogen (secondary N) is 1. The van der Waals surface area contributed by atoms with Crippen molar-refractivity contribution in [1.29, 1.82) is 0 Å². The van der Waals surface area contributed by atoms with Gasteiger partial charge in [-0.2, -0.15) is 0 Å². The molecule has 4 rings (SSSR count). The maximum atomic E-state index is 13.7. The Hall–Kier alpha value is -3.82. The van der Waals surface area contributed by atoms with Gasteiger partial charge in [0.1, 0.15) is 23.9 Å². The van der Waals surface area contributed by atoms with Crippen LogP contribution in [0.15, 0.2) is 71.6 Å². The summed E-state index contributed by atoms with van der Waals surface area (Å²) in [5.41, 5.74) is 1.73. The number of ether oxygens (including phenoxy) is 2. The van der Waals surface area contributed by atoms with Gasteiger partial charge in [0, 0.05) is 0 Å². The van der Waals surface area contributed by atoms with Gasteiger partial charge in [-0.25, -0.2) is 4.39 Å². The van der Waals surface area contributed by atoms with E-state index in [0.29, 0.717) is 11.3 Å². The average molecular weight is 541 g/mol. The molecule has 0 saturated carbocycles. The first-order valence-electron chi connectivity index (χ1n) is 11.2. The van der Waals surface area contributed by atoms with Crippen LogP contribution in [0.3, 0.4) is 0 Å². The zero-order chi connectivity index (χ0) is 26.4. The van der Waals surface area contributed by atoms with E-state index in [1.165, 1.54) is 18.2 Å². The van der Waals surface area contributed by atoms with Crippen molar-refractivity contribution in [2.45, 2.75) is 6.92 Å². The highest BCUT2D eigenvalue weighted by Crippen LogP contribution is 2.33. The number of hydrogen-bond donors (Lipinski definition) is 1. The first kappa shape index (κ1) is 26.2. The lowest BCUT2D eigenvalue weighted by Crippen LogP contribution is -2.32. The molecule has 1 fully saturated rings. The van der Waals surface area contributed by atoms with Crippen molar-refractivity contribution in [3.8, 4) is 11.5 Å². The molecule has 0 bridgehead atoms. The molecule has 1 aliphatic heterocycles. The van der Waals surface area contributed by atoms with Crippen LogP contribution in [0.4, 0.5) is 14.9 Å². The second-order valence-electron chi connectivity index (χ2n) is 8.00. The summed E-state index contributed by atoms with van der Waals surface area (Å²) >= 11 is 7.12. The average Bonchev–Trinajstić information content (AvgIpc) is 3.13. The molecule has 0 spiro atoms. The molecule has 0 aromatic heterocycles. The number of benzene rings is 3. The maximum absolute atomic E-state index is 13.7. The first-order chi connectivity index (χ1) is 17.8. The summed E-state index contributed by atoms with van der Waals surface area (Å²) in [7, 11) is 0. The second kappa shape index (κ2) is 11.9. The number of hydrogen-bond acceptors (Lipinski definition) is 6. The number of aryl methyl sites for hydroxylation is 1. The minimum atomic E-state index is -0.554. The van der Waals surface area contributed by atoms with Crippen molar-refractivity contribution in [3.05, 3.63) is 93.6 Å². The molecule has 3 amide bonds. The summed E-state index contributed by atoms with van der Waals surface area (Å²) in [5, 5.41) is 2.25. The molecule has 1 aliphatic rings. The van der Waals surface area contributed by atoms with Gasteiger partial charge in [-0.05, 0) is 66.7 Å². The van der Waals surface area contributed by atoms with Crippen molar-refractivity contribution < 1.29 is 28.2 Å². The van der Waals surface area contributed by atoms with Gasteiger partial charge in [0.25, 0.3) is 17.1 Å². The van der Waals surface area contributed by atoms with E-state index in [1.807, 2.05) is 31.2 Å². The number of nitrogens with zero attached hydrogens (tertiary/aromatic N) is 1. The summed E-state index contributed by atoms with van der Waals surface area (Å²) in [6.07, 6.45) is 1.56. The van der Waals surface area contributed by atoms with Crippen LogP contribution in [0.25, 0.3) is 6.08 Å². The Kier molecular flexibility index (Phi) is 8.47. The van der Waals surface area contributed by atoms with Crippen molar-refractivity contribution >= 4 is 52.2 Å². The van der Waals surface area contributed by atoms with Crippen LogP contribution >= 0.6 is 23.4 Å². The van der Waals surface area contributed by atoms with Gasteiger partial charge in [0.2, 0.25) is 0 Å². The third-order valence-corrected chi connectivity index (χ3v) is 6.44. The molecule has 7 nitrogen and oxygen atoms in total. The lowest BCUT2D eigenvalue weighted by Gasteiger charge is -2.13. The fraction of sp³-hybridized carbons (Fsp3) is 0.148. The van der Waals surface area contributed by atoms with Crippen LogP contribution in [-0.4, -0.2) is 41.7 Å². The quantitative estimate of drug-likeness (QED) is 0.339. The summed E-state index contributed by atoms with van der Waals surface area (Å²) in [4.78, 5) is 38.6. The number of anilines is 1. The number of thioether (sulfide) groups is 1. The van der Waals surface area contributed by atoms with E-state index in [4.69, 9.17) is 21.1 Å². The van der Waals surface area contributed by atoms with Crippen LogP contribution < -0.4 is 14.8 Å². The lowest BCUT2D eigenvalue weighted by molar-refractivity contribution is -0.123. The molecule has 10 heteroatoms. The van der Waals surface area contributed by atoms with Gasteiger partial charge < -0.3 is 14.8 Å². The smallest absolute Gasteiger partial charge is 0.293 e. The zero-order valence-electron chi connectivity index (χ0n) is 19.7. The monoisotopic (exact) mass is 540 g/mol. The van der Waals surface area contributed by atoms with E-state index in [2.05, 4.69) is 5.32 Å². The Bertz CT molecular complexity index is 1360. The SMILES string of the molecule is Cc1ccc(OCCN2C(=O)S/C(=C\c3ccc(OCC(=O)Nc4ccccc4F)c(Cl)c3)C2=O)cc1. The zero-order valence-corrected chi connectivity index (χ0v) is 21.3. The Morgan fingerprint density at radius 3 is 2.57 bits per heavy atom. The Morgan fingerprint density at radius 1 is 1.08 bits per heavy atom.